The SMILES string of the molecule is COc1ccc2ccoc2c1OB(O)O. The number of hydrogen-bond acceptors (Lipinski definition) is 5. The Bertz CT molecular complexity index is 464. The van der Waals surface area contributed by atoms with Crippen molar-refractivity contribution in [3.8, 4) is 11.5 Å². The van der Waals surface area contributed by atoms with Crippen LogP contribution in [0, 0.1) is 0 Å². The van der Waals surface area contributed by atoms with Gasteiger partial charge in [0.15, 0.2) is 17.1 Å². The summed E-state index contributed by atoms with van der Waals surface area (Å²) >= 11 is 0. The van der Waals surface area contributed by atoms with Gasteiger partial charge in [0.1, 0.15) is 0 Å². The van der Waals surface area contributed by atoms with Crippen LogP contribution in [0.4, 0.5) is 0 Å². The highest BCUT2D eigenvalue weighted by Gasteiger charge is 2.19. The zero-order valence-corrected chi connectivity index (χ0v) is 8.01. The second kappa shape index (κ2) is 3.84. The molecule has 0 unspecified atom stereocenters. The van der Waals surface area contributed by atoms with Crippen molar-refractivity contribution in [3.05, 3.63) is 24.5 Å². The van der Waals surface area contributed by atoms with E-state index in [0.717, 1.165) is 5.39 Å². The van der Waals surface area contributed by atoms with E-state index in [1.807, 2.05) is 0 Å². The average molecular weight is 208 g/mol. The lowest BCUT2D eigenvalue weighted by Gasteiger charge is -2.09. The Hall–Kier alpha value is -1.66. The van der Waals surface area contributed by atoms with Gasteiger partial charge in [0.2, 0.25) is 0 Å². The number of ether oxygens (including phenoxy) is 1. The van der Waals surface area contributed by atoms with Crippen LogP contribution in [0.5, 0.6) is 11.5 Å². The molecule has 1 aromatic heterocycles. The monoisotopic (exact) mass is 208 g/mol. The first-order valence-electron chi connectivity index (χ1n) is 4.29. The van der Waals surface area contributed by atoms with Crippen LogP contribution in [-0.4, -0.2) is 24.5 Å². The van der Waals surface area contributed by atoms with E-state index in [2.05, 4.69) is 0 Å². The molecule has 0 spiro atoms. The second-order valence-electron chi connectivity index (χ2n) is 2.88. The van der Waals surface area contributed by atoms with Gasteiger partial charge in [-0.25, -0.2) is 0 Å². The van der Waals surface area contributed by atoms with Crippen LogP contribution in [0.15, 0.2) is 28.9 Å². The summed E-state index contributed by atoms with van der Waals surface area (Å²) in [7, 11) is -0.449. The summed E-state index contributed by atoms with van der Waals surface area (Å²) in [5, 5.41) is 18.3. The molecular formula is C9H9BO5. The third-order valence-electron chi connectivity index (χ3n) is 1.98. The first-order chi connectivity index (χ1) is 7.22. The maximum Gasteiger partial charge on any atom is 0.707 e. The molecule has 0 aliphatic rings. The lowest BCUT2D eigenvalue weighted by molar-refractivity contribution is 0.279. The minimum Gasteiger partial charge on any atom is -0.506 e. The van der Waals surface area contributed by atoms with Crippen molar-refractivity contribution < 1.29 is 23.9 Å². The highest BCUT2D eigenvalue weighted by molar-refractivity contribution is 6.34. The molecule has 0 aliphatic carbocycles. The summed E-state index contributed by atoms with van der Waals surface area (Å²) in [4.78, 5) is 0. The highest BCUT2D eigenvalue weighted by Crippen LogP contribution is 2.36. The summed E-state index contributed by atoms with van der Waals surface area (Å²) in [6.07, 6.45) is 1.49. The molecule has 1 heterocycles. The molecular weight excluding hydrogens is 199 g/mol. The molecule has 0 saturated carbocycles. The zero-order valence-electron chi connectivity index (χ0n) is 8.01. The molecule has 2 N–H and O–H groups in total. The van der Waals surface area contributed by atoms with Gasteiger partial charge in [-0.2, -0.15) is 0 Å². The van der Waals surface area contributed by atoms with Crippen LogP contribution >= 0.6 is 0 Å². The normalized spacial score (nSPS) is 10.3. The number of benzene rings is 1. The maximum atomic E-state index is 8.76. The van der Waals surface area contributed by atoms with Crippen molar-refractivity contribution in [3.63, 3.8) is 0 Å². The molecule has 2 aromatic rings. The van der Waals surface area contributed by atoms with E-state index in [1.54, 1.807) is 18.2 Å². The lowest BCUT2D eigenvalue weighted by atomic mass is 10.2. The summed E-state index contributed by atoms with van der Waals surface area (Å²) in [5.74, 6) is 0.556. The van der Waals surface area contributed by atoms with Gasteiger partial charge in [-0.15, -0.1) is 0 Å². The molecule has 2 rings (SSSR count). The van der Waals surface area contributed by atoms with Crippen molar-refractivity contribution >= 4 is 18.3 Å². The zero-order chi connectivity index (χ0) is 10.8. The molecule has 78 valence electrons. The second-order valence-corrected chi connectivity index (χ2v) is 2.88. The molecule has 6 heteroatoms. The maximum absolute atomic E-state index is 8.76. The van der Waals surface area contributed by atoms with E-state index in [1.165, 1.54) is 13.4 Å². The summed E-state index contributed by atoms with van der Waals surface area (Å²) in [6.45, 7) is 0. The fourth-order valence-corrected chi connectivity index (χ4v) is 1.37. The van der Waals surface area contributed by atoms with Gasteiger partial charge in [0, 0.05) is 5.39 Å². The summed E-state index contributed by atoms with van der Waals surface area (Å²) in [5.41, 5.74) is 0.419. The molecule has 0 radical (unpaired) electrons. The molecule has 1 aromatic carbocycles. The van der Waals surface area contributed by atoms with Crippen molar-refractivity contribution in [1.82, 2.24) is 0 Å². The molecule has 0 aliphatic heterocycles. The third kappa shape index (κ3) is 1.77. The first kappa shape index (κ1) is 9.88. The number of methoxy groups -OCH3 is 1. The van der Waals surface area contributed by atoms with Crippen molar-refractivity contribution in [2.45, 2.75) is 0 Å². The predicted octanol–water partition coefficient (Wildman–Crippen LogP) is 0.790. The Balaban J connectivity index is 2.58. The van der Waals surface area contributed by atoms with Crippen LogP contribution in [0.1, 0.15) is 0 Å². The van der Waals surface area contributed by atoms with Gasteiger partial charge in [-0.05, 0) is 18.2 Å². The van der Waals surface area contributed by atoms with Gasteiger partial charge in [0.25, 0.3) is 0 Å². The lowest BCUT2D eigenvalue weighted by Crippen LogP contribution is -2.21. The standard InChI is InChI=1S/C9H9BO5/c1-13-7-3-2-6-4-5-14-8(6)9(7)15-10(11)12/h2-5,11-12H,1H3. The van der Waals surface area contributed by atoms with Crippen LogP contribution in [0.3, 0.4) is 0 Å². The minimum absolute atomic E-state index is 0.176. The van der Waals surface area contributed by atoms with Gasteiger partial charge in [0.05, 0.1) is 13.4 Å². The van der Waals surface area contributed by atoms with Crippen LogP contribution < -0.4 is 9.39 Å². The number of hydrogen-bond donors (Lipinski definition) is 2. The van der Waals surface area contributed by atoms with E-state index in [4.69, 9.17) is 23.9 Å². The topological polar surface area (TPSA) is 72.1 Å². The van der Waals surface area contributed by atoms with Crippen molar-refractivity contribution in [2.75, 3.05) is 7.11 Å². The van der Waals surface area contributed by atoms with E-state index in [-0.39, 0.29) is 5.75 Å². The third-order valence-corrected chi connectivity index (χ3v) is 1.98. The fourth-order valence-electron chi connectivity index (χ4n) is 1.37. The van der Waals surface area contributed by atoms with Crippen LogP contribution in [-0.2, 0) is 0 Å². The van der Waals surface area contributed by atoms with Gasteiger partial charge < -0.3 is 23.9 Å². The smallest absolute Gasteiger partial charge is 0.506 e. The summed E-state index contributed by atoms with van der Waals surface area (Å²) < 4.78 is 15.0. The van der Waals surface area contributed by atoms with Gasteiger partial charge in [-0.3, -0.25) is 0 Å². The van der Waals surface area contributed by atoms with E-state index in [9.17, 15) is 0 Å². The Morgan fingerprint density at radius 1 is 1.27 bits per heavy atom. The van der Waals surface area contributed by atoms with Crippen LogP contribution in [0.2, 0.25) is 0 Å². The average Bonchev–Trinajstić information content (AvgIpc) is 2.65. The van der Waals surface area contributed by atoms with E-state index >= 15 is 0 Å². The van der Waals surface area contributed by atoms with Gasteiger partial charge in [-0.1, -0.05) is 0 Å². The number of furan rings is 1. The van der Waals surface area contributed by atoms with Crippen molar-refractivity contribution in [2.24, 2.45) is 0 Å². The number of rotatable bonds is 3. The number of fused-ring (bicyclic) bond motifs is 1. The molecule has 0 amide bonds. The molecule has 0 fully saturated rings. The Morgan fingerprint density at radius 2 is 2.07 bits per heavy atom. The van der Waals surface area contributed by atoms with E-state index < -0.39 is 7.32 Å². The quantitative estimate of drug-likeness (QED) is 0.729. The van der Waals surface area contributed by atoms with E-state index in [0.29, 0.717) is 11.3 Å². The summed E-state index contributed by atoms with van der Waals surface area (Å²) in [6, 6.07) is 5.19. The molecule has 5 nitrogen and oxygen atoms in total. The van der Waals surface area contributed by atoms with Crippen molar-refractivity contribution in [1.29, 1.82) is 0 Å². The Labute approximate surface area is 86.0 Å². The predicted molar refractivity (Wildman–Crippen MR) is 53.6 cm³/mol. The Kier molecular flexibility index (Phi) is 2.53. The molecule has 0 atom stereocenters. The minimum atomic E-state index is -1.91. The molecule has 0 bridgehead atoms. The highest BCUT2D eigenvalue weighted by atomic mass is 16.6. The molecule has 0 saturated heterocycles. The molecule has 15 heavy (non-hydrogen) atoms. The first-order valence-corrected chi connectivity index (χ1v) is 4.29. The van der Waals surface area contributed by atoms with Crippen LogP contribution in [0.25, 0.3) is 11.0 Å². The fraction of sp³-hybridized carbons (Fsp3) is 0.111. The Morgan fingerprint density at radius 3 is 2.73 bits per heavy atom. The largest absolute Gasteiger partial charge is 0.707 e. The van der Waals surface area contributed by atoms with Gasteiger partial charge >= 0.3 is 7.32 Å².